The van der Waals surface area contributed by atoms with Crippen molar-refractivity contribution in [3.05, 3.63) is 42.0 Å². The third kappa shape index (κ3) is 2.72. The first-order valence-corrected chi connectivity index (χ1v) is 5.48. The van der Waals surface area contributed by atoms with Gasteiger partial charge >= 0.3 is 0 Å². The van der Waals surface area contributed by atoms with E-state index in [0.717, 1.165) is 12.1 Å². The highest BCUT2D eigenvalue weighted by Crippen LogP contribution is 2.24. The Labute approximate surface area is 92.5 Å². The third-order valence-electron chi connectivity index (χ3n) is 2.25. The van der Waals surface area contributed by atoms with E-state index in [1.807, 2.05) is 20.8 Å². The zero-order chi connectivity index (χ0) is 11.3. The van der Waals surface area contributed by atoms with Gasteiger partial charge in [-0.1, -0.05) is 50.3 Å². The molecule has 1 heterocycles. The molecule has 80 valence electrons. The fourth-order valence-corrected chi connectivity index (χ4v) is 1.47. The predicted molar refractivity (Wildman–Crippen MR) is 70.0 cm³/mol. The third-order valence-corrected chi connectivity index (χ3v) is 2.25. The van der Waals surface area contributed by atoms with Crippen molar-refractivity contribution >= 4 is 17.3 Å². The molecule has 0 unspecified atom stereocenters. The minimum Gasteiger partial charge on any atom is -0.381 e. The largest absolute Gasteiger partial charge is 0.381 e. The van der Waals surface area contributed by atoms with Crippen LogP contribution in [0, 0.1) is 0 Å². The SMILES string of the molecule is C=C(C)c1ccc2c(c1)NCC=C2.CC. The molecule has 0 fully saturated rings. The summed E-state index contributed by atoms with van der Waals surface area (Å²) in [6.07, 6.45) is 4.27. The molecule has 1 aliphatic heterocycles. The van der Waals surface area contributed by atoms with Gasteiger partial charge < -0.3 is 5.32 Å². The van der Waals surface area contributed by atoms with E-state index in [0.29, 0.717) is 0 Å². The molecule has 15 heavy (non-hydrogen) atoms. The lowest BCUT2D eigenvalue weighted by atomic mass is 10.0. The lowest BCUT2D eigenvalue weighted by Gasteiger charge is -2.14. The summed E-state index contributed by atoms with van der Waals surface area (Å²) in [7, 11) is 0. The summed E-state index contributed by atoms with van der Waals surface area (Å²) in [5.41, 5.74) is 4.79. The van der Waals surface area contributed by atoms with E-state index in [2.05, 4.69) is 42.2 Å². The van der Waals surface area contributed by atoms with Gasteiger partial charge in [-0.05, 0) is 24.1 Å². The minimum atomic E-state index is 0.923. The van der Waals surface area contributed by atoms with Crippen LogP contribution < -0.4 is 5.32 Å². The number of fused-ring (bicyclic) bond motifs is 1. The zero-order valence-corrected chi connectivity index (χ0v) is 9.80. The zero-order valence-electron chi connectivity index (χ0n) is 9.80. The van der Waals surface area contributed by atoms with E-state index in [9.17, 15) is 0 Å². The molecule has 0 aliphatic carbocycles. The molecule has 1 aromatic rings. The maximum absolute atomic E-state index is 3.93. The predicted octanol–water partition coefficient (Wildman–Crippen LogP) is 4.18. The van der Waals surface area contributed by atoms with Gasteiger partial charge in [0.1, 0.15) is 0 Å². The molecule has 1 heteroatoms. The van der Waals surface area contributed by atoms with Gasteiger partial charge in [-0.15, -0.1) is 0 Å². The lowest BCUT2D eigenvalue weighted by molar-refractivity contribution is 1.31. The highest BCUT2D eigenvalue weighted by Gasteiger charge is 2.03. The van der Waals surface area contributed by atoms with Crippen LogP contribution in [0.5, 0.6) is 0 Å². The van der Waals surface area contributed by atoms with E-state index in [1.54, 1.807) is 0 Å². The second-order valence-electron chi connectivity index (χ2n) is 3.37. The second kappa shape index (κ2) is 5.40. The summed E-state index contributed by atoms with van der Waals surface area (Å²) in [5, 5.41) is 3.33. The molecule has 0 atom stereocenters. The summed E-state index contributed by atoms with van der Waals surface area (Å²) in [5.74, 6) is 0. The van der Waals surface area contributed by atoms with Crippen molar-refractivity contribution in [1.82, 2.24) is 0 Å². The highest BCUT2D eigenvalue weighted by molar-refractivity contribution is 5.75. The summed E-state index contributed by atoms with van der Waals surface area (Å²) < 4.78 is 0. The molecule has 2 rings (SSSR count). The molecule has 0 saturated carbocycles. The molecule has 0 saturated heterocycles. The van der Waals surface area contributed by atoms with Crippen LogP contribution in [0.1, 0.15) is 31.9 Å². The number of rotatable bonds is 1. The summed E-state index contributed by atoms with van der Waals surface area (Å²) >= 11 is 0. The molecule has 0 aromatic heterocycles. The minimum absolute atomic E-state index is 0.923. The molecule has 1 aromatic carbocycles. The first kappa shape index (κ1) is 11.6. The molecule has 1 aliphatic rings. The number of anilines is 1. The normalized spacial score (nSPS) is 11.9. The molecule has 1 N–H and O–H groups in total. The van der Waals surface area contributed by atoms with Crippen LogP contribution in [0.2, 0.25) is 0 Å². The fourth-order valence-electron chi connectivity index (χ4n) is 1.47. The van der Waals surface area contributed by atoms with Crippen LogP contribution in [0.4, 0.5) is 5.69 Å². The molecule has 1 nitrogen and oxygen atoms in total. The van der Waals surface area contributed by atoms with Crippen molar-refractivity contribution < 1.29 is 0 Å². The molecule has 0 radical (unpaired) electrons. The van der Waals surface area contributed by atoms with Gasteiger partial charge in [0, 0.05) is 12.2 Å². The first-order valence-electron chi connectivity index (χ1n) is 5.48. The van der Waals surface area contributed by atoms with E-state index >= 15 is 0 Å². The van der Waals surface area contributed by atoms with Crippen molar-refractivity contribution in [1.29, 1.82) is 0 Å². The van der Waals surface area contributed by atoms with Crippen LogP contribution in [0.25, 0.3) is 11.6 Å². The summed E-state index contributed by atoms with van der Waals surface area (Å²) in [4.78, 5) is 0. The van der Waals surface area contributed by atoms with Gasteiger partial charge in [-0.3, -0.25) is 0 Å². The molecular formula is C14H19N. The Bertz CT molecular complexity index is 375. The van der Waals surface area contributed by atoms with E-state index in [1.165, 1.54) is 16.8 Å². The Morgan fingerprint density at radius 1 is 1.33 bits per heavy atom. The number of allylic oxidation sites excluding steroid dienone is 1. The number of hydrogen-bond acceptors (Lipinski definition) is 1. The topological polar surface area (TPSA) is 12.0 Å². The quantitative estimate of drug-likeness (QED) is 0.718. The van der Waals surface area contributed by atoms with Gasteiger partial charge in [0.25, 0.3) is 0 Å². The van der Waals surface area contributed by atoms with Gasteiger partial charge in [-0.2, -0.15) is 0 Å². The molecular weight excluding hydrogens is 182 g/mol. The van der Waals surface area contributed by atoms with Gasteiger partial charge in [-0.25, -0.2) is 0 Å². The van der Waals surface area contributed by atoms with Crippen molar-refractivity contribution in [2.24, 2.45) is 0 Å². The first-order chi connectivity index (χ1) is 7.27. The van der Waals surface area contributed by atoms with Crippen molar-refractivity contribution in [2.45, 2.75) is 20.8 Å². The van der Waals surface area contributed by atoms with E-state index in [4.69, 9.17) is 0 Å². The highest BCUT2D eigenvalue weighted by atomic mass is 14.9. The Balaban J connectivity index is 0.000000531. The number of nitrogens with one attached hydrogen (secondary N) is 1. The Morgan fingerprint density at radius 3 is 2.73 bits per heavy atom. The van der Waals surface area contributed by atoms with Crippen LogP contribution in [0.15, 0.2) is 30.9 Å². The lowest BCUT2D eigenvalue weighted by Crippen LogP contribution is -2.04. The average Bonchev–Trinajstić information content (AvgIpc) is 2.31. The van der Waals surface area contributed by atoms with Crippen molar-refractivity contribution in [2.75, 3.05) is 11.9 Å². The van der Waals surface area contributed by atoms with Gasteiger partial charge in [0.15, 0.2) is 0 Å². The van der Waals surface area contributed by atoms with E-state index in [-0.39, 0.29) is 0 Å². The summed E-state index contributed by atoms with van der Waals surface area (Å²) in [6, 6.07) is 6.39. The van der Waals surface area contributed by atoms with Crippen LogP contribution >= 0.6 is 0 Å². The van der Waals surface area contributed by atoms with Crippen LogP contribution in [-0.4, -0.2) is 6.54 Å². The van der Waals surface area contributed by atoms with Crippen LogP contribution in [-0.2, 0) is 0 Å². The van der Waals surface area contributed by atoms with Crippen LogP contribution in [0.3, 0.4) is 0 Å². The molecule has 0 spiro atoms. The van der Waals surface area contributed by atoms with Crippen molar-refractivity contribution in [3.8, 4) is 0 Å². The monoisotopic (exact) mass is 201 g/mol. The Kier molecular flexibility index (Phi) is 4.17. The number of hydrogen-bond donors (Lipinski definition) is 1. The Hall–Kier alpha value is -1.50. The van der Waals surface area contributed by atoms with Gasteiger partial charge in [0.05, 0.1) is 0 Å². The Morgan fingerprint density at radius 2 is 2.07 bits per heavy atom. The maximum Gasteiger partial charge on any atom is 0.0422 e. The van der Waals surface area contributed by atoms with Crippen molar-refractivity contribution in [3.63, 3.8) is 0 Å². The molecule has 0 amide bonds. The molecule has 0 bridgehead atoms. The average molecular weight is 201 g/mol. The second-order valence-corrected chi connectivity index (χ2v) is 3.37. The summed E-state index contributed by atoms with van der Waals surface area (Å²) in [6.45, 7) is 10.9. The maximum atomic E-state index is 3.93. The smallest absolute Gasteiger partial charge is 0.0422 e. The number of benzene rings is 1. The fraction of sp³-hybridized carbons (Fsp3) is 0.286. The van der Waals surface area contributed by atoms with E-state index < -0.39 is 0 Å². The van der Waals surface area contributed by atoms with Gasteiger partial charge in [0.2, 0.25) is 0 Å². The standard InChI is InChI=1S/C12H13N.C2H6/c1-9(2)11-6-5-10-4-3-7-13-12(10)8-11;1-2/h3-6,8,13H,1,7H2,2H3;1-2H3.